The number of hydrogen-bond acceptors (Lipinski definition) is 4. The SMILES string of the molecule is CCC(=O)Nc1ccc(C(=O)NNC(=O)COc2ccc(Cl)c(C)c2)cc1. The summed E-state index contributed by atoms with van der Waals surface area (Å²) in [4.78, 5) is 35.1. The van der Waals surface area contributed by atoms with E-state index in [9.17, 15) is 14.4 Å². The minimum Gasteiger partial charge on any atom is -0.484 e. The van der Waals surface area contributed by atoms with Gasteiger partial charge < -0.3 is 10.1 Å². The van der Waals surface area contributed by atoms with Crippen molar-refractivity contribution < 1.29 is 19.1 Å². The van der Waals surface area contributed by atoms with Gasteiger partial charge in [-0.3, -0.25) is 25.2 Å². The van der Waals surface area contributed by atoms with Crippen molar-refractivity contribution in [1.29, 1.82) is 0 Å². The van der Waals surface area contributed by atoms with Crippen molar-refractivity contribution in [3.63, 3.8) is 0 Å². The lowest BCUT2D eigenvalue weighted by Crippen LogP contribution is -2.43. The summed E-state index contributed by atoms with van der Waals surface area (Å²) in [6.07, 6.45) is 0.367. The molecule has 2 rings (SSSR count). The van der Waals surface area contributed by atoms with E-state index in [-0.39, 0.29) is 12.5 Å². The summed E-state index contributed by atoms with van der Waals surface area (Å²) in [5, 5.41) is 3.29. The van der Waals surface area contributed by atoms with Crippen molar-refractivity contribution in [1.82, 2.24) is 10.9 Å². The van der Waals surface area contributed by atoms with Gasteiger partial charge in [0.05, 0.1) is 0 Å². The number of carbonyl (C=O) groups excluding carboxylic acids is 3. The second-order valence-corrected chi connectivity index (χ2v) is 6.09. The topological polar surface area (TPSA) is 96.5 Å². The zero-order valence-electron chi connectivity index (χ0n) is 15.0. The standard InChI is InChI=1S/C19H20ClN3O4/c1-3-17(24)21-14-6-4-13(5-7-14)19(26)23-22-18(25)11-27-15-8-9-16(20)12(2)10-15/h4-10H,3,11H2,1-2H3,(H,21,24)(H,22,25)(H,23,26). The van der Waals surface area contributed by atoms with Crippen LogP contribution in [0.3, 0.4) is 0 Å². The van der Waals surface area contributed by atoms with Crippen molar-refractivity contribution in [3.05, 3.63) is 58.6 Å². The highest BCUT2D eigenvalue weighted by atomic mass is 35.5. The third-order valence-electron chi connectivity index (χ3n) is 3.57. The van der Waals surface area contributed by atoms with Gasteiger partial charge in [0.15, 0.2) is 6.61 Å². The molecule has 0 saturated heterocycles. The summed E-state index contributed by atoms with van der Waals surface area (Å²) in [6.45, 7) is 3.31. The van der Waals surface area contributed by atoms with Crippen molar-refractivity contribution in [2.75, 3.05) is 11.9 Å². The van der Waals surface area contributed by atoms with Crippen LogP contribution in [0, 0.1) is 6.92 Å². The highest BCUT2D eigenvalue weighted by molar-refractivity contribution is 6.31. The van der Waals surface area contributed by atoms with Crippen LogP contribution in [0.2, 0.25) is 5.02 Å². The Morgan fingerprint density at radius 1 is 1.00 bits per heavy atom. The highest BCUT2D eigenvalue weighted by Crippen LogP contribution is 2.20. The van der Waals surface area contributed by atoms with Crippen molar-refractivity contribution in [2.24, 2.45) is 0 Å². The Morgan fingerprint density at radius 2 is 1.70 bits per heavy atom. The third kappa shape index (κ3) is 6.31. The molecule has 0 saturated carbocycles. The number of carbonyl (C=O) groups is 3. The summed E-state index contributed by atoms with van der Waals surface area (Å²) >= 11 is 5.93. The second kappa shape index (κ2) is 9.59. The van der Waals surface area contributed by atoms with Crippen LogP contribution < -0.4 is 20.9 Å². The average molecular weight is 390 g/mol. The van der Waals surface area contributed by atoms with Crippen LogP contribution in [0.15, 0.2) is 42.5 Å². The molecule has 3 N–H and O–H groups in total. The molecular formula is C19H20ClN3O4. The second-order valence-electron chi connectivity index (χ2n) is 5.68. The maximum atomic E-state index is 12.0. The fourth-order valence-corrected chi connectivity index (χ4v) is 2.16. The number of hydrogen-bond donors (Lipinski definition) is 3. The minimum atomic E-state index is -0.511. The van der Waals surface area contributed by atoms with E-state index in [1.165, 1.54) is 0 Å². The molecule has 0 aliphatic carbocycles. The Bertz CT molecular complexity index is 837. The number of ether oxygens (including phenoxy) is 1. The summed E-state index contributed by atoms with van der Waals surface area (Å²) in [5.74, 6) is -0.611. The minimum absolute atomic E-state index is 0.115. The smallest absolute Gasteiger partial charge is 0.276 e. The Balaban J connectivity index is 1.79. The van der Waals surface area contributed by atoms with E-state index in [0.29, 0.717) is 28.4 Å². The monoisotopic (exact) mass is 389 g/mol. The first-order valence-corrected chi connectivity index (χ1v) is 8.65. The van der Waals surface area contributed by atoms with Crippen molar-refractivity contribution in [2.45, 2.75) is 20.3 Å². The molecule has 8 heteroatoms. The molecule has 3 amide bonds. The van der Waals surface area contributed by atoms with Gasteiger partial charge in [0.1, 0.15) is 5.75 Å². The van der Waals surface area contributed by atoms with Gasteiger partial charge in [0.2, 0.25) is 5.91 Å². The van der Waals surface area contributed by atoms with Gasteiger partial charge in [-0.25, -0.2) is 0 Å². The fourth-order valence-electron chi connectivity index (χ4n) is 2.04. The summed E-state index contributed by atoms with van der Waals surface area (Å²) < 4.78 is 5.34. The Morgan fingerprint density at radius 3 is 2.33 bits per heavy atom. The number of rotatable bonds is 6. The predicted octanol–water partition coefficient (Wildman–Crippen LogP) is 2.84. The lowest BCUT2D eigenvalue weighted by molar-refractivity contribution is -0.123. The Hall–Kier alpha value is -3.06. The number of hydrazine groups is 1. The largest absolute Gasteiger partial charge is 0.484 e. The number of aryl methyl sites for hydroxylation is 1. The van der Waals surface area contributed by atoms with E-state index >= 15 is 0 Å². The lowest BCUT2D eigenvalue weighted by atomic mass is 10.2. The van der Waals surface area contributed by atoms with Gasteiger partial charge in [-0.1, -0.05) is 18.5 Å². The normalized spacial score (nSPS) is 10.0. The maximum Gasteiger partial charge on any atom is 0.276 e. The molecule has 0 radical (unpaired) electrons. The molecule has 2 aromatic rings. The predicted molar refractivity (Wildman–Crippen MR) is 103 cm³/mol. The van der Waals surface area contributed by atoms with E-state index in [2.05, 4.69) is 16.2 Å². The van der Waals surface area contributed by atoms with E-state index < -0.39 is 11.8 Å². The van der Waals surface area contributed by atoms with Crippen molar-refractivity contribution in [3.8, 4) is 5.75 Å². The van der Waals surface area contributed by atoms with E-state index in [1.54, 1.807) is 49.4 Å². The number of nitrogens with one attached hydrogen (secondary N) is 3. The molecule has 7 nitrogen and oxygen atoms in total. The summed E-state index contributed by atoms with van der Waals surface area (Å²) in [6, 6.07) is 11.3. The van der Waals surface area contributed by atoms with Crippen LogP contribution in [0.25, 0.3) is 0 Å². The van der Waals surface area contributed by atoms with E-state index in [0.717, 1.165) is 5.56 Å². The first kappa shape index (κ1) is 20.3. The molecule has 0 bridgehead atoms. The van der Waals surface area contributed by atoms with Crippen LogP contribution in [-0.2, 0) is 9.59 Å². The molecule has 0 spiro atoms. The number of halogens is 1. The Labute approximate surface area is 162 Å². The van der Waals surface area contributed by atoms with Gasteiger partial charge in [-0.05, 0) is 55.0 Å². The molecule has 0 aliphatic rings. The van der Waals surface area contributed by atoms with E-state index in [4.69, 9.17) is 16.3 Å². The number of anilines is 1. The lowest BCUT2D eigenvalue weighted by Gasteiger charge is -2.10. The van der Waals surface area contributed by atoms with Gasteiger partial charge in [0.25, 0.3) is 11.8 Å². The summed E-state index contributed by atoms with van der Waals surface area (Å²) in [5.41, 5.74) is 6.33. The Kier molecular flexibility index (Phi) is 7.19. The molecule has 0 aliphatic heterocycles. The molecule has 0 atom stereocenters. The number of amides is 3. The highest BCUT2D eigenvalue weighted by Gasteiger charge is 2.09. The van der Waals surface area contributed by atoms with Gasteiger partial charge in [-0.2, -0.15) is 0 Å². The molecular weight excluding hydrogens is 370 g/mol. The van der Waals surface area contributed by atoms with Crippen molar-refractivity contribution >= 4 is 35.0 Å². The van der Waals surface area contributed by atoms with Gasteiger partial charge >= 0.3 is 0 Å². The molecule has 0 unspecified atom stereocenters. The zero-order chi connectivity index (χ0) is 19.8. The first-order valence-electron chi connectivity index (χ1n) is 8.27. The molecule has 0 fully saturated rings. The summed E-state index contributed by atoms with van der Waals surface area (Å²) in [7, 11) is 0. The fraction of sp³-hybridized carbons (Fsp3) is 0.211. The van der Waals surface area contributed by atoms with E-state index in [1.807, 2.05) is 6.92 Å². The molecule has 142 valence electrons. The number of benzene rings is 2. The zero-order valence-corrected chi connectivity index (χ0v) is 15.7. The molecule has 27 heavy (non-hydrogen) atoms. The van der Waals surface area contributed by atoms with Crippen LogP contribution in [0.5, 0.6) is 5.75 Å². The van der Waals surface area contributed by atoms with Gasteiger partial charge in [0, 0.05) is 22.7 Å². The van der Waals surface area contributed by atoms with Gasteiger partial charge in [-0.15, -0.1) is 0 Å². The van der Waals surface area contributed by atoms with Crippen LogP contribution in [0.4, 0.5) is 5.69 Å². The van der Waals surface area contributed by atoms with Crippen LogP contribution in [0.1, 0.15) is 29.3 Å². The first-order chi connectivity index (χ1) is 12.9. The maximum absolute atomic E-state index is 12.0. The third-order valence-corrected chi connectivity index (χ3v) is 3.99. The van der Waals surface area contributed by atoms with Crippen LogP contribution in [-0.4, -0.2) is 24.3 Å². The quantitative estimate of drug-likeness (QED) is 0.662. The molecule has 2 aromatic carbocycles. The molecule has 0 aromatic heterocycles. The van der Waals surface area contributed by atoms with Crippen LogP contribution >= 0.6 is 11.6 Å². The molecule has 0 heterocycles. The average Bonchev–Trinajstić information content (AvgIpc) is 2.67.